The third-order valence-corrected chi connectivity index (χ3v) is 2.89. The first-order valence-corrected chi connectivity index (χ1v) is 5.59. The Morgan fingerprint density at radius 3 is 2.30 bits per heavy atom. The van der Waals surface area contributed by atoms with E-state index in [2.05, 4.69) is 0 Å². The number of carboxylic acid groups (broad SMARTS) is 2. The van der Waals surface area contributed by atoms with Crippen LogP contribution in [0.3, 0.4) is 0 Å². The lowest BCUT2D eigenvalue weighted by Crippen LogP contribution is -2.42. The van der Waals surface area contributed by atoms with Crippen molar-refractivity contribution in [3.63, 3.8) is 0 Å². The highest BCUT2D eigenvalue weighted by Gasteiger charge is 2.44. The van der Waals surface area contributed by atoms with Crippen LogP contribution < -0.4 is 0 Å². The Morgan fingerprint density at radius 2 is 1.90 bits per heavy atom. The van der Waals surface area contributed by atoms with Gasteiger partial charge in [-0.05, 0) is 13.8 Å². The van der Waals surface area contributed by atoms with Crippen LogP contribution in [-0.4, -0.2) is 48.1 Å². The molecule has 8 nitrogen and oxygen atoms in total. The van der Waals surface area contributed by atoms with Gasteiger partial charge in [0.05, 0.1) is 19.8 Å². The average molecular weight is 288 g/mol. The molecule has 0 aromatic heterocycles. The molecule has 0 fully saturated rings. The van der Waals surface area contributed by atoms with Gasteiger partial charge < -0.3 is 29.2 Å². The van der Waals surface area contributed by atoms with E-state index >= 15 is 0 Å². The number of aliphatic carboxylic acids is 2. The first kappa shape index (κ1) is 15.7. The second-order valence-corrected chi connectivity index (χ2v) is 4.12. The van der Waals surface area contributed by atoms with E-state index in [9.17, 15) is 14.7 Å². The Balaban J connectivity index is 3.38. The Labute approximate surface area is 115 Å². The Hall–Kier alpha value is -2.38. The standard InChI is InChI=1S/C12H16O8/c1-6-10(18-4)19-7(9(13)14)5-8(17-3)20-12(6,2)11(15)16/h5,7H,1-4H3,(H,13,14)(H,15,16). The summed E-state index contributed by atoms with van der Waals surface area (Å²) in [5.74, 6) is -3.10. The normalized spacial score (nSPS) is 26.4. The monoisotopic (exact) mass is 288 g/mol. The van der Waals surface area contributed by atoms with Gasteiger partial charge in [0, 0.05) is 6.08 Å². The zero-order valence-corrected chi connectivity index (χ0v) is 11.5. The maximum absolute atomic E-state index is 11.4. The highest BCUT2D eigenvalue weighted by Crippen LogP contribution is 2.31. The van der Waals surface area contributed by atoms with Gasteiger partial charge in [0.25, 0.3) is 11.9 Å². The maximum atomic E-state index is 11.4. The van der Waals surface area contributed by atoms with Crippen molar-refractivity contribution >= 4 is 11.9 Å². The van der Waals surface area contributed by atoms with E-state index in [1.165, 1.54) is 28.1 Å². The summed E-state index contributed by atoms with van der Waals surface area (Å²) in [6.45, 7) is 2.69. The molecule has 0 spiro atoms. The quantitative estimate of drug-likeness (QED) is 0.777. The predicted octanol–water partition coefficient (Wildman–Crippen LogP) is 0.695. The first-order chi connectivity index (χ1) is 9.26. The number of hydrogen-bond acceptors (Lipinski definition) is 6. The predicted molar refractivity (Wildman–Crippen MR) is 64.4 cm³/mol. The summed E-state index contributed by atoms with van der Waals surface area (Å²) >= 11 is 0. The number of ether oxygens (including phenoxy) is 4. The van der Waals surface area contributed by atoms with Crippen LogP contribution in [0.4, 0.5) is 0 Å². The minimum Gasteiger partial charge on any atom is -0.478 e. The molecule has 1 aliphatic heterocycles. The van der Waals surface area contributed by atoms with Crippen LogP contribution in [0.25, 0.3) is 0 Å². The van der Waals surface area contributed by atoms with Gasteiger partial charge in [-0.1, -0.05) is 0 Å². The molecule has 1 rings (SSSR count). The van der Waals surface area contributed by atoms with Gasteiger partial charge in [0.15, 0.2) is 0 Å². The molecule has 0 saturated heterocycles. The van der Waals surface area contributed by atoms with Crippen LogP contribution in [0.1, 0.15) is 13.8 Å². The van der Waals surface area contributed by atoms with Crippen LogP contribution in [-0.2, 0) is 28.5 Å². The molecular weight excluding hydrogens is 272 g/mol. The molecule has 2 N–H and O–H groups in total. The van der Waals surface area contributed by atoms with E-state index in [0.29, 0.717) is 0 Å². The fourth-order valence-corrected chi connectivity index (χ4v) is 1.50. The summed E-state index contributed by atoms with van der Waals surface area (Å²) in [4.78, 5) is 22.5. The molecule has 0 aromatic rings. The molecule has 1 heterocycles. The summed E-state index contributed by atoms with van der Waals surface area (Å²) in [5, 5.41) is 18.3. The van der Waals surface area contributed by atoms with E-state index in [0.717, 1.165) is 6.08 Å². The highest BCUT2D eigenvalue weighted by atomic mass is 16.7. The number of rotatable bonds is 4. The number of methoxy groups -OCH3 is 2. The molecule has 0 radical (unpaired) electrons. The third kappa shape index (κ3) is 2.79. The van der Waals surface area contributed by atoms with E-state index < -0.39 is 23.6 Å². The third-order valence-electron chi connectivity index (χ3n) is 2.89. The lowest BCUT2D eigenvalue weighted by molar-refractivity contribution is -0.163. The Morgan fingerprint density at radius 1 is 1.30 bits per heavy atom. The summed E-state index contributed by atoms with van der Waals surface area (Å²) < 4.78 is 20.2. The molecule has 20 heavy (non-hydrogen) atoms. The Bertz CT molecular complexity index is 478. The lowest BCUT2D eigenvalue weighted by Gasteiger charge is -2.31. The summed E-state index contributed by atoms with van der Waals surface area (Å²) in [6.07, 6.45) is -0.414. The number of hydrogen-bond donors (Lipinski definition) is 2. The number of carboxylic acids is 2. The molecule has 1 aliphatic rings. The van der Waals surface area contributed by atoms with Crippen molar-refractivity contribution in [2.24, 2.45) is 0 Å². The van der Waals surface area contributed by atoms with Gasteiger partial charge >= 0.3 is 11.9 Å². The lowest BCUT2D eigenvalue weighted by atomic mass is 9.97. The molecule has 2 unspecified atom stereocenters. The van der Waals surface area contributed by atoms with Crippen molar-refractivity contribution in [3.8, 4) is 0 Å². The van der Waals surface area contributed by atoms with Crippen molar-refractivity contribution < 1.29 is 38.7 Å². The summed E-state index contributed by atoms with van der Waals surface area (Å²) in [7, 11) is 2.47. The Kier molecular flexibility index (Phi) is 4.49. The number of carbonyl (C=O) groups is 2. The molecule has 8 heteroatoms. The molecule has 0 amide bonds. The van der Waals surface area contributed by atoms with Gasteiger partial charge in [-0.25, -0.2) is 9.59 Å². The van der Waals surface area contributed by atoms with Crippen LogP contribution >= 0.6 is 0 Å². The second-order valence-electron chi connectivity index (χ2n) is 4.12. The fourth-order valence-electron chi connectivity index (χ4n) is 1.50. The van der Waals surface area contributed by atoms with Gasteiger partial charge in [0.2, 0.25) is 11.7 Å². The average Bonchev–Trinajstić information content (AvgIpc) is 2.39. The van der Waals surface area contributed by atoms with Gasteiger partial charge in [-0.2, -0.15) is 0 Å². The smallest absolute Gasteiger partial charge is 0.352 e. The van der Waals surface area contributed by atoms with Gasteiger partial charge in [-0.15, -0.1) is 0 Å². The van der Waals surface area contributed by atoms with Crippen molar-refractivity contribution in [2.45, 2.75) is 25.6 Å². The molecule has 2 atom stereocenters. The highest BCUT2D eigenvalue weighted by molar-refractivity contribution is 5.81. The topological polar surface area (TPSA) is 112 Å². The minimum atomic E-state index is -1.81. The maximum Gasteiger partial charge on any atom is 0.352 e. The minimum absolute atomic E-state index is 0.0707. The zero-order chi connectivity index (χ0) is 15.5. The summed E-state index contributed by atoms with van der Waals surface area (Å²) in [6, 6.07) is 0. The molecule has 0 aromatic carbocycles. The largest absolute Gasteiger partial charge is 0.478 e. The molecule has 0 saturated carbocycles. The fraction of sp³-hybridized carbons (Fsp3) is 0.500. The van der Waals surface area contributed by atoms with Crippen LogP contribution in [0, 0.1) is 0 Å². The van der Waals surface area contributed by atoms with Crippen molar-refractivity contribution in [1.29, 1.82) is 0 Å². The van der Waals surface area contributed by atoms with E-state index in [4.69, 9.17) is 24.1 Å². The second kappa shape index (κ2) is 5.72. The zero-order valence-electron chi connectivity index (χ0n) is 11.5. The molecule has 0 bridgehead atoms. The molecule has 112 valence electrons. The van der Waals surface area contributed by atoms with Crippen molar-refractivity contribution in [3.05, 3.63) is 23.5 Å². The van der Waals surface area contributed by atoms with E-state index in [1.54, 1.807) is 0 Å². The van der Waals surface area contributed by atoms with E-state index in [-0.39, 0.29) is 17.5 Å². The van der Waals surface area contributed by atoms with Crippen LogP contribution in [0.5, 0.6) is 0 Å². The van der Waals surface area contributed by atoms with E-state index in [1.807, 2.05) is 0 Å². The van der Waals surface area contributed by atoms with Gasteiger partial charge in [0.1, 0.15) is 0 Å². The first-order valence-electron chi connectivity index (χ1n) is 5.59. The van der Waals surface area contributed by atoms with Crippen molar-refractivity contribution in [2.75, 3.05) is 14.2 Å². The van der Waals surface area contributed by atoms with Gasteiger partial charge in [-0.3, -0.25) is 0 Å². The SMILES string of the molecule is COC1=CC(C(=O)O)OC(OC)=C(C)C(C)(C(=O)O)O1. The van der Waals surface area contributed by atoms with Crippen LogP contribution in [0.2, 0.25) is 0 Å². The van der Waals surface area contributed by atoms with Crippen LogP contribution in [0.15, 0.2) is 23.5 Å². The molecular formula is C12H16O8. The summed E-state index contributed by atoms with van der Waals surface area (Å²) in [5.41, 5.74) is -1.74. The van der Waals surface area contributed by atoms with Crippen molar-refractivity contribution in [1.82, 2.24) is 0 Å². The molecule has 0 aliphatic carbocycles.